The van der Waals surface area contributed by atoms with E-state index < -0.39 is 17.8 Å². The van der Waals surface area contributed by atoms with Crippen LogP contribution in [0, 0.1) is 11.8 Å². The molecule has 5 heteroatoms. The highest BCUT2D eigenvalue weighted by molar-refractivity contribution is 8.00. The maximum Gasteiger partial charge on any atom is 0.307 e. The first-order valence-electron chi connectivity index (χ1n) is 6.81. The predicted octanol–water partition coefficient (Wildman–Crippen LogP) is 2.06. The van der Waals surface area contributed by atoms with Crippen LogP contribution in [-0.2, 0) is 9.59 Å². The number of carbonyl (C=O) groups excluding carboxylic acids is 1. The second-order valence-corrected chi connectivity index (χ2v) is 7.30. The minimum Gasteiger partial charge on any atom is -0.481 e. The summed E-state index contributed by atoms with van der Waals surface area (Å²) in [7, 11) is 0. The van der Waals surface area contributed by atoms with Crippen molar-refractivity contribution in [3.05, 3.63) is 12.2 Å². The fourth-order valence-corrected chi connectivity index (χ4v) is 4.00. The first-order chi connectivity index (χ1) is 9.02. The molecule has 1 aliphatic carbocycles. The number of carboxylic acids is 1. The minimum absolute atomic E-state index is 0.106. The van der Waals surface area contributed by atoms with Crippen LogP contribution in [0.5, 0.6) is 0 Å². The summed E-state index contributed by atoms with van der Waals surface area (Å²) in [6.07, 6.45) is 7.07. The normalized spacial score (nSPS) is 34.2. The van der Waals surface area contributed by atoms with Gasteiger partial charge < -0.3 is 10.4 Å². The Morgan fingerprint density at radius 3 is 2.63 bits per heavy atom. The third kappa shape index (κ3) is 3.53. The Bertz CT molecular complexity index is 388. The predicted molar refractivity (Wildman–Crippen MR) is 76.1 cm³/mol. The molecule has 3 unspecified atom stereocenters. The summed E-state index contributed by atoms with van der Waals surface area (Å²) < 4.78 is 0.124. The van der Waals surface area contributed by atoms with Crippen LogP contribution in [0.4, 0.5) is 0 Å². The average Bonchev–Trinajstić information content (AvgIpc) is 2.83. The van der Waals surface area contributed by atoms with Crippen LogP contribution in [-0.4, -0.2) is 34.0 Å². The van der Waals surface area contributed by atoms with E-state index in [0.717, 1.165) is 12.2 Å². The van der Waals surface area contributed by atoms with Crippen LogP contribution in [0.3, 0.4) is 0 Å². The van der Waals surface area contributed by atoms with E-state index in [4.69, 9.17) is 5.11 Å². The van der Waals surface area contributed by atoms with E-state index in [1.54, 1.807) is 0 Å². The van der Waals surface area contributed by atoms with E-state index >= 15 is 0 Å². The summed E-state index contributed by atoms with van der Waals surface area (Å²) in [5, 5.41) is 12.1. The van der Waals surface area contributed by atoms with Crippen LogP contribution >= 0.6 is 11.8 Å². The standard InChI is InChI=1S/C14H21NO3S/c1-14(7-4-8-19-14)9-15-12(16)10-5-2-3-6-11(10)13(17)18/h2-3,10-11H,4-9H2,1H3,(H,15,16)(H,17,18). The van der Waals surface area contributed by atoms with Crippen molar-refractivity contribution in [2.45, 2.75) is 37.4 Å². The lowest BCUT2D eigenvalue weighted by Gasteiger charge is -2.27. The van der Waals surface area contributed by atoms with Crippen LogP contribution in [0.25, 0.3) is 0 Å². The monoisotopic (exact) mass is 283 g/mol. The summed E-state index contributed by atoms with van der Waals surface area (Å²) in [6, 6.07) is 0. The molecule has 0 aromatic heterocycles. The van der Waals surface area contributed by atoms with Crippen molar-refractivity contribution in [2.24, 2.45) is 11.8 Å². The molecule has 2 rings (SSSR count). The number of carboxylic acid groups (broad SMARTS) is 1. The lowest BCUT2D eigenvalue weighted by atomic mass is 9.82. The largest absolute Gasteiger partial charge is 0.481 e. The lowest BCUT2D eigenvalue weighted by Crippen LogP contribution is -2.43. The van der Waals surface area contributed by atoms with Gasteiger partial charge in [-0.05, 0) is 38.4 Å². The van der Waals surface area contributed by atoms with E-state index in [1.165, 1.54) is 6.42 Å². The fourth-order valence-electron chi connectivity index (χ4n) is 2.76. The summed E-state index contributed by atoms with van der Waals surface area (Å²) in [4.78, 5) is 23.4. The molecule has 1 amide bonds. The molecule has 2 aliphatic rings. The maximum absolute atomic E-state index is 12.2. The van der Waals surface area contributed by atoms with Gasteiger partial charge >= 0.3 is 5.97 Å². The number of aliphatic carboxylic acids is 1. The molecule has 2 N–H and O–H groups in total. The molecule has 4 nitrogen and oxygen atoms in total. The topological polar surface area (TPSA) is 66.4 Å². The van der Waals surface area contributed by atoms with Crippen molar-refractivity contribution in [3.63, 3.8) is 0 Å². The van der Waals surface area contributed by atoms with Gasteiger partial charge in [-0.3, -0.25) is 9.59 Å². The summed E-state index contributed by atoms with van der Waals surface area (Å²) in [5.74, 6) is -0.820. The van der Waals surface area contributed by atoms with Gasteiger partial charge in [-0.25, -0.2) is 0 Å². The third-order valence-corrected chi connectivity index (χ3v) is 5.56. The highest BCUT2D eigenvalue weighted by atomic mass is 32.2. The van der Waals surface area contributed by atoms with Crippen molar-refractivity contribution in [3.8, 4) is 0 Å². The lowest BCUT2D eigenvalue weighted by molar-refractivity contribution is -0.147. The van der Waals surface area contributed by atoms with Crippen LogP contribution in [0.1, 0.15) is 32.6 Å². The smallest absolute Gasteiger partial charge is 0.307 e. The molecule has 0 radical (unpaired) electrons. The average molecular weight is 283 g/mol. The molecule has 0 aromatic rings. The number of thioether (sulfide) groups is 1. The molecule has 1 fully saturated rings. The number of allylic oxidation sites excluding steroid dienone is 2. The molecule has 3 atom stereocenters. The SMILES string of the molecule is CC1(CNC(=O)C2CC=CCC2C(=O)O)CCCS1. The molecule has 1 aliphatic heterocycles. The molecule has 1 saturated heterocycles. The van der Waals surface area contributed by atoms with Gasteiger partial charge in [-0.15, -0.1) is 0 Å². The molecular weight excluding hydrogens is 262 g/mol. The van der Waals surface area contributed by atoms with E-state index in [2.05, 4.69) is 12.2 Å². The Kier molecular flexibility index (Phi) is 4.55. The number of amides is 1. The molecule has 0 aromatic carbocycles. The zero-order valence-corrected chi connectivity index (χ0v) is 12.0. The molecule has 0 spiro atoms. The molecule has 0 saturated carbocycles. The highest BCUT2D eigenvalue weighted by Gasteiger charge is 2.35. The Morgan fingerprint density at radius 2 is 2.05 bits per heavy atom. The molecule has 0 bridgehead atoms. The van der Waals surface area contributed by atoms with Gasteiger partial charge in [0.1, 0.15) is 0 Å². The van der Waals surface area contributed by atoms with Gasteiger partial charge in [0, 0.05) is 11.3 Å². The van der Waals surface area contributed by atoms with Crippen LogP contribution in [0.15, 0.2) is 12.2 Å². The summed E-state index contributed by atoms with van der Waals surface area (Å²) >= 11 is 1.90. The maximum atomic E-state index is 12.2. The van der Waals surface area contributed by atoms with E-state index in [9.17, 15) is 9.59 Å². The van der Waals surface area contributed by atoms with Crippen molar-refractivity contribution < 1.29 is 14.7 Å². The number of hydrogen-bond donors (Lipinski definition) is 2. The van der Waals surface area contributed by atoms with Gasteiger partial charge in [0.05, 0.1) is 11.8 Å². The van der Waals surface area contributed by atoms with Crippen molar-refractivity contribution in [1.29, 1.82) is 0 Å². The number of carbonyl (C=O) groups is 2. The zero-order chi connectivity index (χ0) is 13.9. The van der Waals surface area contributed by atoms with Gasteiger partial charge in [0.2, 0.25) is 5.91 Å². The van der Waals surface area contributed by atoms with Crippen LogP contribution < -0.4 is 5.32 Å². The molecule has 1 heterocycles. The fraction of sp³-hybridized carbons (Fsp3) is 0.714. The summed E-state index contributed by atoms with van der Waals surface area (Å²) in [6.45, 7) is 2.81. The highest BCUT2D eigenvalue weighted by Crippen LogP contribution is 2.37. The second kappa shape index (κ2) is 5.99. The quantitative estimate of drug-likeness (QED) is 0.775. The Balaban J connectivity index is 1.91. The molecule has 19 heavy (non-hydrogen) atoms. The van der Waals surface area contributed by atoms with Gasteiger partial charge in [-0.1, -0.05) is 12.2 Å². The Hall–Kier alpha value is -0.970. The van der Waals surface area contributed by atoms with E-state index in [0.29, 0.717) is 19.4 Å². The number of nitrogens with one attached hydrogen (secondary N) is 1. The van der Waals surface area contributed by atoms with Crippen molar-refractivity contribution in [2.75, 3.05) is 12.3 Å². The van der Waals surface area contributed by atoms with E-state index in [-0.39, 0.29) is 10.7 Å². The van der Waals surface area contributed by atoms with Gasteiger partial charge in [0.15, 0.2) is 0 Å². The van der Waals surface area contributed by atoms with Gasteiger partial charge in [0.25, 0.3) is 0 Å². The Labute approximate surface area is 118 Å². The number of rotatable bonds is 4. The minimum atomic E-state index is -0.869. The second-order valence-electron chi connectivity index (χ2n) is 5.61. The van der Waals surface area contributed by atoms with Crippen LogP contribution in [0.2, 0.25) is 0 Å². The first kappa shape index (κ1) is 14.4. The van der Waals surface area contributed by atoms with E-state index in [1.807, 2.05) is 23.9 Å². The Morgan fingerprint density at radius 1 is 1.37 bits per heavy atom. The van der Waals surface area contributed by atoms with Crippen molar-refractivity contribution >= 4 is 23.6 Å². The first-order valence-corrected chi connectivity index (χ1v) is 7.80. The summed E-state index contributed by atoms with van der Waals surface area (Å²) in [5.41, 5.74) is 0. The molecular formula is C14H21NO3S. The number of hydrogen-bond acceptors (Lipinski definition) is 3. The van der Waals surface area contributed by atoms with Gasteiger partial charge in [-0.2, -0.15) is 11.8 Å². The zero-order valence-electron chi connectivity index (χ0n) is 11.2. The molecule has 106 valence electrons. The third-order valence-electron chi connectivity index (χ3n) is 4.02. The van der Waals surface area contributed by atoms with Crippen molar-refractivity contribution in [1.82, 2.24) is 5.32 Å².